The van der Waals surface area contributed by atoms with Gasteiger partial charge in [0.15, 0.2) is 0 Å². The van der Waals surface area contributed by atoms with Crippen molar-refractivity contribution in [2.75, 3.05) is 13.2 Å². The molecular formula is C26H29NO3. The van der Waals surface area contributed by atoms with Crippen LogP contribution in [0.2, 0.25) is 0 Å². The minimum Gasteiger partial charge on any atom is -0.375 e. The number of rotatable bonds is 10. The molecule has 3 atom stereocenters. The van der Waals surface area contributed by atoms with Crippen molar-refractivity contribution in [2.45, 2.75) is 38.1 Å². The van der Waals surface area contributed by atoms with Crippen molar-refractivity contribution in [1.29, 1.82) is 0 Å². The van der Waals surface area contributed by atoms with E-state index in [9.17, 15) is 0 Å². The molecule has 1 heterocycles. The molecule has 1 N–H and O–H groups in total. The van der Waals surface area contributed by atoms with Gasteiger partial charge in [-0.1, -0.05) is 91.0 Å². The van der Waals surface area contributed by atoms with Gasteiger partial charge >= 0.3 is 0 Å². The lowest BCUT2D eigenvalue weighted by Crippen LogP contribution is -2.39. The van der Waals surface area contributed by atoms with Gasteiger partial charge in [-0.25, -0.2) is 0 Å². The summed E-state index contributed by atoms with van der Waals surface area (Å²) in [6.07, 6.45) is -0.0797. The molecule has 1 saturated heterocycles. The molecule has 0 aliphatic carbocycles. The highest BCUT2D eigenvalue weighted by molar-refractivity contribution is 5.15. The highest BCUT2D eigenvalue weighted by Gasteiger charge is 2.37. The van der Waals surface area contributed by atoms with Crippen LogP contribution in [0.25, 0.3) is 0 Å². The van der Waals surface area contributed by atoms with E-state index in [1.165, 1.54) is 11.1 Å². The Morgan fingerprint density at radius 3 is 1.70 bits per heavy atom. The van der Waals surface area contributed by atoms with E-state index in [1.807, 2.05) is 54.6 Å². The summed E-state index contributed by atoms with van der Waals surface area (Å²) in [7, 11) is 0. The Morgan fingerprint density at radius 2 is 1.13 bits per heavy atom. The molecule has 0 unspecified atom stereocenters. The van der Waals surface area contributed by atoms with Gasteiger partial charge in [-0.3, -0.25) is 0 Å². The van der Waals surface area contributed by atoms with E-state index in [1.54, 1.807) is 0 Å². The van der Waals surface area contributed by atoms with Crippen LogP contribution >= 0.6 is 0 Å². The maximum absolute atomic E-state index is 6.34. The number of nitrogens with one attached hydrogen (secondary N) is 1. The lowest BCUT2D eigenvalue weighted by atomic mass is 10.1. The Bertz CT molecular complexity index is 857. The quantitative estimate of drug-likeness (QED) is 0.546. The normalized spacial score (nSPS) is 21.0. The summed E-state index contributed by atoms with van der Waals surface area (Å²) >= 11 is 0. The molecule has 3 aromatic carbocycles. The first-order valence-corrected chi connectivity index (χ1v) is 10.5. The zero-order valence-electron chi connectivity index (χ0n) is 17.2. The molecule has 1 fully saturated rings. The molecule has 156 valence electrons. The molecule has 3 aromatic rings. The van der Waals surface area contributed by atoms with E-state index < -0.39 is 0 Å². The van der Waals surface area contributed by atoms with Gasteiger partial charge < -0.3 is 19.5 Å². The molecule has 30 heavy (non-hydrogen) atoms. The van der Waals surface area contributed by atoms with Gasteiger partial charge in [0.1, 0.15) is 6.10 Å². The van der Waals surface area contributed by atoms with Crippen LogP contribution in [0.3, 0.4) is 0 Å². The minimum absolute atomic E-state index is 0.0146. The van der Waals surface area contributed by atoms with Crippen LogP contribution in [0.1, 0.15) is 16.7 Å². The van der Waals surface area contributed by atoms with Crippen molar-refractivity contribution in [1.82, 2.24) is 5.32 Å². The Kier molecular flexibility index (Phi) is 7.64. The zero-order chi connectivity index (χ0) is 20.4. The molecule has 1 aliphatic rings. The summed E-state index contributed by atoms with van der Waals surface area (Å²) in [5, 5.41) is 3.54. The second-order valence-corrected chi connectivity index (χ2v) is 7.61. The van der Waals surface area contributed by atoms with Crippen molar-refractivity contribution < 1.29 is 14.2 Å². The highest BCUT2D eigenvalue weighted by atomic mass is 16.5. The van der Waals surface area contributed by atoms with Gasteiger partial charge in [0, 0.05) is 6.54 Å². The standard InChI is InChI=1S/C26H29NO3/c1-4-10-21(11-5-1)17-28-20-24-26(30-19-23-14-8-3-9-15-23)25(16-27-24)29-18-22-12-6-2-7-13-22/h1-15,24-27H,16-20H2/t24-,25-,26-/m0/s1. The Balaban J connectivity index is 1.35. The van der Waals surface area contributed by atoms with Gasteiger partial charge in [0.2, 0.25) is 0 Å². The zero-order valence-corrected chi connectivity index (χ0v) is 17.2. The molecule has 0 amide bonds. The van der Waals surface area contributed by atoms with Crippen molar-refractivity contribution >= 4 is 0 Å². The Hall–Kier alpha value is -2.50. The van der Waals surface area contributed by atoms with Crippen LogP contribution < -0.4 is 5.32 Å². The fraction of sp³-hybridized carbons (Fsp3) is 0.308. The van der Waals surface area contributed by atoms with Crippen LogP contribution in [-0.2, 0) is 34.0 Å². The van der Waals surface area contributed by atoms with E-state index in [4.69, 9.17) is 14.2 Å². The van der Waals surface area contributed by atoms with Crippen LogP contribution in [0.5, 0.6) is 0 Å². The summed E-state index contributed by atoms with van der Waals surface area (Å²) in [6, 6.07) is 30.9. The number of ether oxygens (including phenoxy) is 3. The third-order valence-electron chi connectivity index (χ3n) is 5.35. The highest BCUT2D eigenvalue weighted by Crippen LogP contribution is 2.20. The summed E-state index contributed by atoms with van der Waals surface area (Å²) in [4.78, 5) is 0. The summed E-state index contributed by atoms with van der Waals surface area (Å²) in [5.74, 6) is 0. The third kappa shape index (κ3) is 6.00. The van der Waals surface area contributed by atoms with Crippen molar-refractivity contribution in [2.24, 2.45) is 0 Å². The van der Waals surface area contributed by atoms with E-state index in [0.717, 1.165) is 12.1 Å². The van der Waals surface area contributed by atoms with E-state index in [2.05, 4.69) is 41.7 Å². The van der Waals surface area contributed by atoms with Gasteiger partial charge in [-0.05, 0) is 16.7 Å². The number of hydrogen-bond acceptors (Lipinski definition) is 4. The van der Waals surface area contributed by atoms with E-state index in [0.29, 0.717) is 26.4 Å². The molecule has 0 saturated carbocycles. The SMILES string of the molecule is c1ccc(COC[C@@H]2NC[C@H](OCc3ccccc3)[C@H]2OCc2ccccc2)cc1. The molecule has 0 spiro atoms. The van der Waals surface area contributed by atoms with Crippen LogP contribution in [0.15, 0.2) is 91.0 Å². The van der Waals surface area contributed by atoms with Crippen LogP contribution in [-0.4, -0.2) is 31.4 Å². The average molecular weight is 404 g/mol. The molecular weight excluding hydrogens is 374 g/mol. The molecule has 0 aromatic heterocycles. The second-order valence-electron chi connectivity index (χ2n) is 7.61. The van der Waals surface area contributed by atoms with Gasteiger partial charge in [0.25, 0.3) is 0 Å². The summed E-state index contributed by atoms with van der Waals surface area (Å²) in [6.45, 7) is 3.08. The fourth-order valence-electron chi connectivity index (χ4n) is 3.71. The van der Waals surface area contributed by atoms with E-state index >= 15 is 0 Å². The van der Waals surface area contributed by atoms with E-state index in [-0.39, 0.29) is 18.2 Å². The Morgan fingerprint density at radius 1 is 0.633 bits per heavy atom. The topological polar surface area (TPSA) is 39.7 Å². The number of hydrogen-bond donors (Lipinski definition) is 1. The minimum atomic E-state index is -0.0651. The molecule has 4 rings (SSSR count). The fourth-order valence-corrected chi connectivity index (χ4v) is 3.71. The average Bonchev–Trinajstić information content (AvgIpc) is 3.20. The summed E-state index contributed by atoms with van der Waals surface area (Å²) < 4.78 is 18.6. The smallest absolute Gasteiger partial charge is 0.103 e. The first-order valence-electron chi connectivity index (χ1n) is 10.5. The van der Waals surface area contributed by atoms with Crippen LogP contribution in [0, 0.1) is 0 Å². The van der Waals surface area contributed by atoms with Gasteiger partial charge in [-0.2, -0.15) is 0 Å². The maximum Gasteiger partial charge on any atom is 0.103 e. The largest absolute Gasteiger partial charge is 0.375 e. The van der Waals surface area contributed by atoms with Crippen LogP contribution in [0.4, 0.5) is 0 Å². The number of benzene rings is 3. The van der Waals surface area contributed by atoms with Gasteiger partial charge in [-0.15, -0.1) is 0 Å². The molecule has 4 nitrogen and oxygen atoms in total. The maximum atomic E-state index is 6.34. The summed E-state index contributed by atoms with van der Waals surface area (Å²) in [5.41, 5.74) is 3.51. The molecule has 4 heteroatoms. The lowest BCUT2D eigenvalue weighted by molar-refractivity contribution is -0.0786. The molecule has 1 aliphatic heterocycles. The molecule has 0 radical (unpaired) electrons. The molecule has 0 bridgehead atoms. The predicted octanol–water partition coefficient (Wildman–Crippen LogP) is 4.35. The lowest BCUT2D eigenvalue weighted by Gasteiger charge is -2.25. The Labute approximate surface area is 178 Å². The predicted molar refractivity (Wildman–Crippen MR) is 118 cm³/mol. The van der Waals surface area contributed by atoms with Crippen molar-refractivity contribution in [3.63, 3.8) is 0 Å². The first kappa shape index (κ1) is 20.8. The third-order valence-corrected chi connectivity index (χ3v) is 5.35. The van der Waals surface area contributed by atoms with Crippen molar-refractivity contribution in [3.8, 4) is 0 Å². The first-order chi connectivity index (χ1) is 14.9. The van der Waals surface area contributed by atoms with Gasteiger partial charge in [0.05, 0.1) is 38.6 Å². The second kappa shape index (κ2) is 11.0. The van der Waals surface area contributed by atoms with Crippen molar-refractivity contribution in [3.05, 3.63) is 108 Å². The monoisotopic (exact) mass is 403 g/mol.